The number of rotatable bonds is 0. The first kappa shape index (κ1) is 11.7. The standard InChI is InChI=1S/C6H7N.CH2O.ClH/c7-6-4-2-1-3-5-6;1-2;/h1-5H,7H2;1H2;1H. The molecule has 2 N–H and O–H groups in total. The zero-order valence-electron chi connectivity index (χ0n) is 5.49. The lowest BCUT2D eigenvalue weighted by atomic mass is 10.3. The van der Waals surface area contributed by atoms with E-state index in [1.165, 1.54) is 0 Å². The molecule has 0 heterocycles. The number of carbonyl (C=O) groups is 1. The van der Waals surface area contributed by atoms with Gasteiger partial charge < -0.3 is 10.5 Å². The van der Waals surface area contributed by atoms with E-state index in [1.807, 2.05) is 37.1 Å². The molecule has 0 atom stereocenters. The fourth-order valence-corrected chi connectivity index (χ4v) is 0.453. The SMILES string of the molecule is C=O.Cl.Nc1ccccc1. The molecule has 1 rings (SSSR count). The van der Waals surface area contributed by atoms with Crippen molar-refractivity contribution in [2.24, 2.45) is 0 Å². The Kier molecular flexibility index (Phi) is 9.37. The van der Waals surface area contributed by atoms with Crippen molar-refractivity contribution >= 4 is 24.9 Å². The average molecular weight is 160 g/mol. The highest BCUT2D eigenvalue weighted by molar-refractivity contribution is 5.85. The first-order valence-electron chi connectivity index (χ1n) is 2.49. The minimum Gasteiger partial charge on any atom is -0.399 e. The van der Waals surface area contributed by atoms with Crippen LogP contribution in [-0.2, 0) is 4.79 Å². The number of anilines is 1. The van der Waals surface area contributed by atoms with Gasteiger partial charge in [-0.25, -0.2) is 0 Å². The Morgan fingerprint density at radius 1 is 1.10 bits per heavy atom. The van der Waals surface area contributed by atoms with Gasteiger partial charge in [0.2, 0.25) is 0 Å². The maximum Gasteiger partial charge on any atom is 0.106 e. The zero-order valence-corrected chi connectivity index (χ0v) is 6.30. The second kappa shape index (κ2) is 7.98. The molecule has 0 aromatic heterocycles. The van der Waals surface area contributed by atoms with Gasteiger partial charge in [0.1, 0.15) is 6.79 Å². The maximum absolute atomic E-state index is 8.00. The summed E-state index contributed by atoms with van der Waals surface area (Å²) in [6.07, 6.45) is 0. The molecule has 2 nitrogen and oxygen atoms in total. The van der Waals surface area contributed by atoms with Gasteiger partial charge in [-0.05, 0) is 12.1 Å². The molecule has 0 aliphatic rings. The van der Waals surface area contributed by atoms with Gasteiger partial charge in [0, 0.05) is 5.69 Å². The molecular formula is C7H10ClNO. The summed E-state index contributed by atoms with van der Waals surface area (Å²) in [5.74, 6) is 0. The summed E-state index contributed by atoms with van der Waals surface area (Å²) in [5.41, 5.74) is 6.18. The van der Waals surface area contributed by atoms with Crippen molar-refractivity contribution in [1.29, 1.82) is 0 Å². The molecule has 0 fully saturated rings. The highest BCUT2D eigenvalue weighted by Crippen LogP contribution is 1.95. The number of benzene rings is 1. The van der Waals surface area contributed by atoms with Crippen LogP contribution in [0.25, 0.3) is 0 Å². The van der Waals surface area contributed by atoms with Crippen LogP contribution in [0.4, 0.5) is 5.69 Å². The molecule has 0 saturated heterocycles. The third-order valence-corrected chi connectivity index (χ3v) is 0.800. The van der Waals surface area contributed by atoms with E-state index in [2.05, 4.69) is 0 Å². The Morgan fingerprint density at radius 2 is 1.50 bits per heavy atom. The Bertz CT molecular complexity index is 155. The molecule has 0 saturated carbocycles. The van der Waals surface area contributed by atoms with Gasteiger partial charge in [-0.2, -0.15) is 0 Å². The molecule has 0 bridgehead atoms. The van der Waals surface area contributed by atoms with Crippen molar-refractivity contribution in [3.8, 4) is 0 Å². The van der Waals surface area contributed by atoms with Crippen molar-refractivity contribution in [3.63, 3.8) is 0 Å². The summed E-state index contributed by atoms with van der Waals surface area (Å²) in [6.45, 7) is 2.00. The topological polar surface area (TPSA) is 43.1 Å². The summed E-state index contributed by atoms with van der Waals surface area (Å²) in [5, 5.41) is 0. The minimum atomic E-state index is 0. The zero-order chi connectivity index (χ0) is 7.11. The number of nitrogens with two attached hydrogens (primary N) is 1. The third kappa shape index (κ3) is 5.12. The van der Waals surface area contributed by atoms with Gasteiger partial charge in [-0.3, -0.25) is 0 Å². The quantitative estimate of drug-likeness (QED) is 0.583. The van der Waals surface area contributed by atoms with Gasteiger partial charge in [0.25, 0.3) is 0 Å². The Labute approximate surface area is 66.5 Å². The van der Waals surface area contributed by atoms with Crippen LogP contribution < -0.4 is 5.73 Å². The third-order valence-electron chi connectivity index (χ3n) is 0.800. The summed E-state index contributed by atoms with van der Waals surface area (Å²) in [4.78, 5) is 8.00. The van der Waals surface area contributed by atoms with E-state index < -0.39 is 0 Å². The van der Waals surface area contributed by atoms with Crippen LogP contribution in [0, 0.1) is 0 Å². The summed E-state index contributed by atoms with van der Waals surface area (Å²) in [7, 11) is 0. The van der Waals surface area contributed by atoms with Gasteiger partial charge >= 0.3 is 0 Å². The first-order chi connectivity index (χ1) is 4.39. The largest absolute Gasteiger partial charge is 0.399 e. The molecule has 0 amide bonds. The molecule has 0 unspecified atom stereocenters. The van der Waals surface area contributed by atoms with Crippen molar-refractivity contribution in [3.05, 3.63) is 30.3 Å². The smallest absolute Gasteiger partial charge is 0.106 e. The maximum atomic E-state index is 8.00. The molecule has 1 aromatic rings. The van der Waals surface area contributed by atoms with Crippen LogP contribution in [0.15, 0.2) is 30.3 Å². The van der Waals surface area contributed by atoms with Crippen molar-refractivity contribution in [2.75, 3.05) is 5.73 Å². The molecule has 3 heteroatoms. The summed E-state index contributed by atoms with van der Waals surface area (Å²) >= 11 is 0. The second-order valence-corrected chi connectivity index (χ2v) is 1.41. The van der Waals surface area contributed by atoms with Crippen LogP contribution in [0.2, 0.25) is 0 Å². The van der Waals surface area contributed by atoms with Crippen molar-refractivity contribution in [2.45, 2.75) is 0 Å². The molecule has 0 aliphatic heterocycles. The molecule has 0 aliphatic carbocycles. The highest BCUT2D eigenvalue weighted by atomic mass is 35.5. The normalized spacial score (nSPS) is 6.40. The monoisotopic (exact) mass is 159 g/mol. The molecule has 10 heavy (non-hydrogen) atoms. The van der Waals surface area contributed by atoms with E-state index in [-0.39, 0.29) is 12.4 Å². The van der Waals surface area contributed by atoms with Crippen LogP contribution in [-0.4, -0.2) is 6.79 Å². The lowest BCUT2D eigenvalue weighted by Crippen LogP contribution is -1.79. The van der Waals surface area contributed by atoms with Gasteiger partial charge in [0.15, 0.2) is 0 Å². The fourth-order valence-electron chi connectivity index (χ4n) is 0.453. The van der Waals surface area contributed by atoms with Crippen molar-refractivity contribution in [1.82, 2.24) is 0 Å². The van der Waals surface area contributed by atoms with Gasteiger partial charge in [-0.1, -0.05) is 18.2 Å². The second-order valence-electron chi connectivity index (χ2n) is 1.41. The number of para-hydroxylation sites is 1. The highest BCUT2D eigenvalue weighted by Gasteiger charge is 1.72. The van der Waals surface area contributed by atoms with Crippen LogP contribution in [0.5, 0.6) is 0 Å². The van der Waals surface area contributed by atoms with Gasteiger partial charge in [0.05, 0.1) is 0 Å². The number of hydrogen-bond donors (Lipinski definition) is 1. The number of hydrogen-bond acceptors (Lipinski definition) is 2. The summed E-state index contributed by atoms with van der Waals surface area (Å²) < 4.78 is 0. The van der Waals surface area contributed by atoms with Crippen LogP contribution >= 0.6 is 12.4 Å². The summed E-state index contributed by atoms with van der Waals surface area (Å²) in [6, 6.07) is 9.49. The first-order valence-corrected chi connectivity index (χ1v) is 2.49. The lowest BCUT2D eigenvalue weighted by Gasteiger charge is -1.83. The predicted molar refractivity (Wildman–Crippen MR) is 45.2 cm³/mol. The number of nitrogen functional groups attached to an aromatic ring is 1. The molecule has 1 aromatic carbocycles. The van der Waals surface area contributed by atoms with E-state index >= 15 is 0 Å². The van der Waals surface area contributed by atoms with E-state index in [9.17, 15) is 0 Å². The van der Waals surface area contributed by atoms with Gasteiger partial charge in [-0.15, -0.1) is 12.4 Å². The predicted octanol–water partition coefficient (Wildman–Crippen LogP) is 1.51. The lowest BCUT2D eigenvalue weighted by molar-refractivity contribution is -0.0979. The van der Waals surface area contributed by atoms with E-state index in [0.29, 0.717) is 0 Å². The fraction of sp³-hybridized carbons (Fsp3) is 0. The number of halogens is 1. The van der Waals surface area contributed by atoms with E-state index in [4.69, 9.17) is 10.5 Å². The minimum absolute atomic E-state index is 0. The Morgan fingerprint density at radius 3 is 1.70 bits per heavy atom. The molecule has 56 valence electrons. The van der Waals surface area contributed by atoms with Crippen LogP contribution in [0.1, 0.15) is 0 Å². The van der Waals surface area contributed by atoms with Crippen LogP contribution in [0.3, 0.4) is 0 Å². The van der Waals surface area contributed by atoms with Crippen molar-refractivity contribution < 1.29 is 4.79 Å². The van der Waals surface area contributed by atoms with E-state index in [0.717, 1.165) is 5.69 Å². The Balaban J connectivity index is 0. The molecule has 0 spiro atoms. The Hall–Kier alpha value is -1.02. The average Bonchev–Trinajstić information content (AvgIpc) is 1.94. The number of carbonyl (C=O) groups excluding carboxylic acids is 1. The molecular weight excluding hydrogens is 150 g/mol. The molecule has 0 radical (unpaired) electrons. The van der Waals surface area contributed by atoms with E-state index in [1.54, 1.807) is 0 Å².